The highest BCUT2D eigenvalue weighted by Crippen LogP contribution is 2.28. The van der Waals surface area contributed by atoms with Crippen LogP contribution in [0.4, 0.5) is 0 Å². The van der Waals surface area contributed by atoms with Gasteiger partial charge in [0.05, 0.1) is 25.0 Å². The van der Waals surface area contributed by atoms with E-state index in [1.807, 2.05) is 65.9 Å². The molecule has 2 heterocycles. The number of para-hydroxylation sites is 1. The number of amides is 1. The molecule has 4 aromatic rings. The number of thioether (sulfide) groups is 1. The highest BCUT2D eigenvalue weighted by atomic mass is 32.2. The highest BCUT2D eigenvalue weighted by Gasteiger charge is 2.18. The van der Waals surface area contributed by atoms with Gasteiger partial charge in [-0.25, -0.2) is 0 Å². The van der Waals surface area contributed by atoms with Crippen molar-refractivity contribution in [3.63, 3.8) is 0 Å². The van der Waals surface area contributed by atoms with Gasteiger partial charge in [-0.05, 0) is 54.6 Å². The zero-order valence-electron chi connectivity index (χ0n) is 17.7. The maximum Gasteiger partial charge on any atom is 0.233 e. The Morgan fingerprint density at radius 1 is 1.06 bits per heavy atom. The molecule has 1 N–H and O–H groups in total. The van der Waals surface area contributed by atoms with Crippen molar-refractivity contribution in [2.75, 3.05) is 20.8 Å². The first-order valence-electron chi connectivity index (χ1n) is 9.99. The number of nitrogens with one attached hydrogen (secondary N) is 1. The Bertz CT molecular complexity index is 1220. The van der Waals surface area contributed by atoms with Crippen molar-refractivity contribution < 1.29 is 14.3 Å². The van der Waals surface area contributed by atoms with Gasteiger partial charge in [0.2, 0.25) is 5.91 Å². The maximum atomic E-state index is 12.6. The minimum Gasteiger partial charge on any atom is -0.493 e. The second-order valence-corrected chi connectivity index (χ2v) is 8.37. The topological polar surface area (TPSA) is 77.8 Å². The molecule has 2 aromatic heterocycles. The molecule has 7 nitrogen and oxygen atoms in total. The van der Waals surface area contributed by atoms with Gasteiger partial charge in [-0.3, -0.25) is 9.20 Å². The molecule has 0 radical (unpaired) electrons. The van der Waals surface area contributed by atoms with E-state index in [0.717, 1.165) is 22.1 Å². The molecule has 4 rings (SSSR count). The van der Waals surface area contributed by atoms with Crippen LogP contribution in [0.2, 0.25) is 0 Å². The largest absolute Gasteiger partial charge is 0.493 e. The summed E-state index contributed by atoms with van der Waals surface area (Å²) >= 11 is 1.40. The van der Waals surface area contributed by atoms with Crippen molar-refractivity contribution in [3.8, 4) is 11.5 Å². The van der Waals surface area contributed by atoms with E-state index >= 15 is 0 Å². The van der Waals surface area contributed by atoms with E-state index in [-0.39, 0.29) is 11.2 Å². The van der Waals surface area contributed by atoms with Crippen molar-refractivity contribution in [2.24, 2.45) is 0 Å². The molecule has 0 saturated heterocycles. The number of aromatic nitrogens is 3. The smallest absolute Gasteiger partial charge is 0.233 e. The molecule has 0 saturated carbocycles. The molecule has 0 bridgehead atoms. The number of fused-ring (bicyclic) bond motifs is 3. The van der Waals surface area contributed by atoms with Crippen molar-refractivity contribution >= 4 is 34.2 Å². The number of pyridine rings is 1. The van der Waals surface area contributed by atoms with Gasteiger partial charge in [-0.1, -0.05) is 36.0 Å². The summed E-state index contributed by atoms with van der Waals surface area (Å²) in [6.45, 7) is 2.41. The second-order valence-electron chi connectivity index (χ2n) is 7.06. The lowest BCUT2D eigenvalue weighted by Gasteiger charge is -2.13. The summed E-state index contributed by atoms with van der Waals surface area (Å²) < 4.78 is 12.6. The third-order valence-electron chi connectivity index (χ3n) is 5.06. The number of ether oxygens (including phenoxy) is 2. The van der Waals surface area contributed by atoms with E-state index in [0.29, 0.717) is 29.6 Å². The molecule has 1 amide bonds. The summed E-state index contributed by atoms with van der Waals surface area (Å²) in [6.07, 6.45) is 0.696. The molecule has 1 atom stereocenters. The van der Waals surface area contributed by atoms with E-state index in [9.17, 15) is 4.79 Å². The Kier molecular flexibility index (Phi) is 6.27. The van der Waals surface area contributed by atoms with Gasteiger partial charge in [0.25, 0.3) is 0 Å². The number of carbonyl (C=O) groups excluding carboxylic acids is 1. The fourth-order valence-electron chi connectivity index (χ4n) is 3.41. The molecule has 0 spiro atoms. The molecular weight excluding hydrogens is 412 g/mol. The number of benzene rings is 2. The number of carbonyl (C=O) groups is 1. The van der Waals surface area contributed by atoms with Crippen LogP contribution in [0.15, 0.2) is 59.8 Å². The summed E-state index contributed by atoms with van der Waals surface area (Å²) in [5.41, 5.74) is 2.85. The van der Waals surface area contributed by atoms with Crippen LogP contribution in [0, 0.1) is 0 Å². The van der Waals surface area contributed by atoms with Gasteiger partial charge in [0, 0.05) is 6.54 Å². The quantitative estimate of drug-likeness (QED) is 0.424. The minimum atomic E-state index is -0.309. The Hall–Kier alpha value is -3.26. The molecule has 8 heteroatoms. The molecule has 31 heavy (non-hydrogen) atoms. The van der Waals surface area contributed by atoms with Crippen molar-refractivity contribution in [1.29, 1.82) is 0 Å². The summed E-state index contributed by atoms with van der Waals surface area (Å²) in [5, 5.41) is 13.1. The predicted octanol–water partition coefficient (Wildman–Crippen LogP) is 3.74. The van der Waals surface area contributed by atoms with Crippen molar-refractivity contribution in [1.82, 2.24) is 19.9 Å². The summed E-state index contributed by atoms with van der Waals surface area (Å²) in [7, 11) is 3.22. The third-order valence-corrected chi connectivity index (χ3v) is 6.10. The van der Waals surface area contributed by atoms with Crippen LogP contribution >= 0.6 is 11.8 Å². The molecule has 0 aliphatic carbocycles. The number of methoxy groups -OCH3 is 2. The van der Waals surface area contributed by atoms with Crippen LogP contribution in [0.3, 0.4) is 0 Å². The molecule has 160 valence electrons. The first kappa shape index (κ1) is 21.0. The van der Waals surface area contributed by atoms with Crippen molar-refractivity contribution in [2.45, 2.75) is 23.8 Å². The van der Waals surface area contributed by atoms with Crippen LogP contribution in [-0.2, 0) is 11.2 Å². The highest BCUT2D eigenvalue weighted by molar-refractivity contribution is 8.00. The summed E-state index contributed by atoms with van der Waals surface area (Å²) in [4.78, 5) is 12.6. The Labute approximate surface area is 184 Å². The van der Waals surface area contributed by atoms with Gasteiger partial charge in [-0.15, -0.1) is 10.2 Å². The van der Waals surface area contributed by atoms with Crippen LogP contribution in [0.5, 0.6) is 11.5 Å². The second kappa shape index (κ2) is 9.26. The predicted molar refractivity (Wildman–Crippen MR) is 122 cm³/mol. The minimum absolute atomic E-state index is 0.0394. The first-order valence-corrected chi connectivity index (χ1v) is 10.9. The SMILES string of the molecule is COc1ccc(CCNC(=O)C(C)Sc2nnc3ccc4ccccc4n23)cc1OC. The first-order chi connectivity index (χ1) is 15.1. The molecule has 0 aliphatic rings. The van der Waals surface area contributed by atoms with Gasteiger partial charge in [0.15, 0.2) is 22.3 Å². The lowest BCUT2D eigenvalue weighted by molar-refractivity contribution is -0.120. The molecule has 0 fully saturated rings. The number of rotatable bonds is 8. The third kappa shape index (κ3) is 4.44. The van der Waals surface area contributed by atoms with E-state index in [2.05, 4.69) is 15.5 Å². The van der Waals surface area contributed by atoms with Crippen LogP contribution in [0.1, 0.15) is 12.5 Å². The number of hydrogen-bond acceptors (Lipinski definition) is 6. The van der Waals surface area contributed by atoms with Crippen LogP contribution < -0.4 is 14.8 Å². The van der Waals surface area contributed by atoms with E-state index in [4.69, 9.17) is 9.47 Å². The molecule has 0 aliphatic heterocycles. The molecule has 2 aromatic carbocycles. The summed E-state index contributed by atoms with van der Waals surface area (Å²) in [5.74, 6) is 1.33. The Morgan fingerprint density at radius 2 is 1.87 bits per heavy atom. The fraction of sp³-hybridized carbons (Fsp3) is 0.261. The Morgan fingerprint density at radius 3 is 2.68 bits per heavy atom. The van der Waals surface area contributed by atoms with Gasteiger partial charge < -0.3 is 14.8 Å². The summed E-state index contributed by atoms with van der Waals surface area (Å²) in [6, 6.07) is 17.8. The lowest BCUT2D eigenvalue weighted by Crippen LogP contribution is -2.32. The number of nitrogens with zero attached hydrogens (tertiary/aromatic N) is 3. The van der Waals surface area contributed by atoms with E-state index in [1.165, 1.54) is 11.8 Å². The average molecular weight is 437 g/mol. The lowest BCUT2D eigenvalue weighted by atomic mass is 10.1. The normalized spacial score (nSPS) is 12.1. The van der Waals surface area contributed by atoms with Gasteiger partial charge >= 0.3 is 0 Å². The van der Waals surface area contributed by atoms with Gasteiger partial charge in [-0.2, -0.15) is 0 Å². The number of hydrogen-bond donors (Lipinski definition) is 1. The van der Waals surface area contributed by atoms with Gasteiger partial charge in [0.1, 0.15) is 0 Å². The molecular formula is C23H24N4O3S. The van der Waals surface area contributed by atoms with Crippen molar-refractivity contribution in [3.05, 3.63) is 60.2 Å². The molecule has 1 unspecified atom stereocenters. The maximum absolute atomic E-state index is 12.6. The monoisotopic (exact) mass is 436 g/mol. The average Bonchev–Trinajstić information content (AvgIpc) is 3.22. The van der Waals surface area contributed by atoms with E-state index in [1.54, 1.807) is 14.2 Å². The van der Waals surface area contributed by atoms with E-state index < -0.39 is 0 Å². The van der Waals surface area contributed by atoms with Crippen LogP contribution in [-0.4, -0.2) is 46.5 Å². The van der Waals surface area contributed by atoms with Crippen LogP contribution in [0.25, 0.3) is 16.6 Å². The zero-order chi connectivity index (χ0) is 21.8. The zero-order valence-corrected chi connectivity index (χ0v) is 18.5. The standard InChI is InChI=1S/C23H24N4O3S/c1-15(22(28)24-13-12-16-8-10-19(29-2)20(14-16)30-3)31-23-26-25-21-11-9-17-6-4-5-7-18(17)27(21)23/h4-11,14-15H,12-13H2,1-3H3,(H,24,28). The Balaban J connectivity index is 1.40. The fourth-order valence-corrected chi connectivity index (χ4v) is 4.30.